The van der Waals surface area contributed by atoms with Crippen LogP contribution in [-0.4, -0.2) is 44.4 Å². The first-order valence-electron chi connectivity index (χ1n) is 6.85. The molecule has 0 aliphatic carbocycles. The van der Waals surface area contributed by atoms with Crippen LogP contribution in [0.3, 0.4) is 0 Å². The number of hydrogen-bond acceptors (Lipinski definition) is 4. The van der Waals surface area contributed by atoms with Crippen molar-refractivity contribution in [1.82, 2.24) is 14.9 Å². The van der Waals surface area contributed by atoms with Gasteiger partial charge in [-0.05, 0) is 25.7 Å². The zero-order valence-corrected chi connectivity index (χ0v) is 11.7. The van der Waals surface area contributed by atoms with Crippen molar-refractivity contribution in [2.24, 2.45) is 5.92 Å². The number of rotatable bonds is 3. The van der Waals surface area contributed by atoms with Crippen molar-refractivity contribution >= 4 is 11.9 Å². The number of likely N-dealkylation sites (tertiary alicyclic amines) is 1. The molecule has 2 heterocycles. The molecular weight excluding hydrogens is 258 g/mol. The Bertz CT molecular complexity index is 501. The van der Waals surface area contributed by atoms with E-state index in [1.807, 2.05) is 6.92 Å². The Morgan fingerprint density at radius 3 is 2.70 bits per heavy atom. The highest BCUT2D eigenvalue weighted by Gasteiger charge is 2.36. The lowest BCUT2D eigenvalue weighted by atomic mass is 9.88. The number of amides is 1. The van der Waals surface area contributed by atoms with E-state index in [1.165, 1.54) is 17.3 Å². The van der Waals surface area contributed by atoms with E-state index < -0.39 is 12.0 Å². The molecule has 2 unspecified atom stereocenters. The Labute approximate surface area is 117 Å². The minimum atomic E-state index is -0.948. The van der Waals surface area contributed by atoms with E-state index >= 15 is 0 Å². The molecule has 6 nitrogen and oxygen atoms in total. The second kappa shape index (κ2) is 5.98. The van der Waals surface area contributed by atoms with Crippen molar-refractivity contribution in [3.05, 3.63) is 23.8 Å². The minimum absolute atomic E-state index is 0.205. The molecule has 2 atom stereocenters. The van der Waals surface area contributed by atoms with Gasteiger partial charge in [0, 0.05) is 12.7 Å². The fraction of sp³-hybridized carbons (Fsp3) is 0.571. The van der Waals surface area contributed by atoms with Crippen LogP contribution in [0, 0.1) is 12.8 Å². The summed E-state index contributed by atoms with van der Waals surface area (Å²) in [6.45, 7) is 4.30. The molecule has 6 heteroatoms. The lowest BCUT2D eigenvalue weighted by molar-refractivity contribution is -0.144. The summed E-state index contributed by atoms with van der Waals surface area (Å²) in [5, 5.41) is 9.33. The van der Waals surface area contributed by atoms with Gasteiger partial charge in [0.1, 0.15) is 11.7 Å². The molecule has 2 rings (SSSR count). The third-order valence-corrected chi connectivity index (χ3v) is 3.83. The normalized spacial score (nSPS) is 22.6. The predicted octanol–water partition coefficient (Wildman–Crippen LogP) is 1.50. The lowest BCUT2D eigenvalue weighted by Crippen LogP contribution is -2.50. The Kier molecular flexibility index (Phi) is 4.32. The van der Waals surface area contributed by atoms with E-state index in [1.54, 1.807) is 6.92 Å². The monoisotopic (exact) mass is 277 g/mol. The quantitative estimate of drug-likeness (QED) is 0.905. The third kappa shape index (κ3) is 2.95. The first-order chi connectivity index (χ1) is 9.52. The van der Waals surface area contributed by atoms with Gasteiger partial charge in [-0.2, -0.15) is 0 Å². The molecule has 1 amide bonds. The Morgan fingerprint density at radius 2 is 2.15 bits per heavy atom. The van der Waals surface area contributed by atoms with E-state index in [0.717, 1.165) is 18.5 Å². The molecular formula is C14H19N3O3. The fourth-order valence-electron chi connectivity index (χ4n) is 2.54. The Hall–Kier alpha value is -1.98. The van der Waals surface area contributed by atoms with Gasteiger partial charge in [-0.25, -0.2) is 9.78 Å². The summed E-state index contributed by atoms with van der Waals surface area (Å²) >= 11 is 0. The van der Waals surface area contributed by atoms with Gasteiger partial charge in [0.05, 0.1) is 11.9 Å². The van der Waals surface area contributed by atoms with Crippen LogP contribution in [0.4, 0.5) is 0 Å². The van der Waals surface area contributed by atoms with Gasteiger partial charge in [0.2, 0.25) is 0 Å². The van der Waals surface area contributed by atoms with E-state index in [0.29, 0.717) is 18.9 Å². The first-order valence-corrected chi connectivity index (χ1v) is 6.85. The Balaban J connectivity index is 2.19. The van der Waals surface area contributed by atoms with Crippen molar-refractivity contribution in [3.63, 3.8) is 0 Å². The molecule has 1 aliphatic rings. The van der Waals surface area contributed by atoms with Crippen LogP contribution in [-0.2, 0) is 4.79 Å². The van der Waals surface area contributed by atoms with Gasteiger partial charge in [0.15, 0.2) is 0 Å². The van der Waals surface area contributed by atoms with Gasteiger partial charge in [0.25, 0.3) is 5.91 Å². The number of aryl methyl sites for hydroxylation is 1. The average Bonchev–Trinajstić information content (AvgIpc) is 2.46. The van der Waals surface area contributed by atoms with Crippen LogP contribution in [0.1, 0.15) is 42.4 Å². The summed E-state index contributed by atoms with van der Waals surface area (Å²) in [5.74, 6) is -0.930. The van der Waals surface area contributed by atoms with Gasteiger partial charge in [-0.3, -0.25) is 9.78 Å². The predicted molar refractivity (Wildman–Crippen MR) is 72.2 cm³/mol. The molecule has 0 saturated carbocycles. The maximum atomic E-state index is 12.4. The SMILES string of the molecule is CCC1CCN(C(=O)c2cnc(C)cn2)C(C(=O)O)C1. The maximum Gasteiger partial charge on any atom is 0.326 e. The first kappa shape index (κ1) is 14.4. The zero-order valence-electron chi connectivity index (χ0n) is 11.7. The average molecular weight is 277 g/mol. The van der Waals surface area contributed by atoms with Crippen LogP contribution >= 0.6 is 0 Å². The van der Waals surface area contributed by atoms with Gasteiger partial charge >= 0.3 is 5.97 Å². The minimum Gasteiger partial charge on any atom is -0.480 e. The van der Waals surface area contributed by atoms with Crippen LogP contribution in [0.2, 0.25) is 0 Å². The summed E-state index contributed by atoms with van der Waals surface area (Å²) in [4.78, 5) is 33.3. The van der Waals surface area contributed by atoms with Crippen LogP contribution in [0.25, 0.3) is 0 Å². The number of aliphatic carboxylic acids is 1. The van der Waals surface area contributed by atoms with Gasteiger partial charge in [-0.1, -0.05) is 13.3 Å². The number of hydrogen-bond donors (Lipinski definition) is 1. The molecule has 1 aromatic rings. The van der Waals surface area contributed by atoms with Gasteiger partial charge < -0.3 is 10.0 Å². The molecule has 1 saturated heterocycles. The number of nitrogens with zero attached hydrogens (tertiary/aromatic N) is 3. The maximum absolute atomic E-state index is 12.4. The second-order valence-electron chi connectivity index (χ2n) is 5.19. The Morgan fingerprint density at radius 1 is 1.40 bits per heavy atom. The molecule has 0 radical (unpaired) electrons. The van der Waals surface area contributed by atoms with E-state index in [9.17, 15) is 14.7 Å². The highest BCUT2D eigenvalue weighted by Crippen LogP contribution is 2.26. The van der Waals surface area contributed by atoms with Crippen molar-refractivity contribution in [2.45, 2.75) is 39.2 Å². The van der Waals surface area contributed by atoms with Crippen LogP contribution < -0.4 is 0 Å². The number of carboxylic acid groups (broad SMARTS) is 1. The number of carboxylic acids is 1. The molecule has 1 fully saturated rings. The summed E-state index contributed by atoms with van der Waals surface area (Å²) in [6.07, 6.45) is 5.21. The van der Waals surface area contributed by atoms with Crippen molar-refractivity contribution in [2.75, 3.05) is 6.54 Å². The smallest absolute Gasteiger partial charge is 0.326 e. The summed E-state index contributed by atoms with van der Waals surface area (Å²) < 4.78 is 0. The standard InChI is InChI=1S/C14H19N3O3/c1-3-10-4-5-17(12(6-10)14(19)20)13(18)11-8-15-9(2)7-16-11/h7-8,10,12H,3-6H2,1-2H3,(H,19,20). The number of piperidine rings is 1. The summed E-state index contributed by atoms with van der Waals surface area (Å²) in [5.41, 5.74) is 0.929. The van der Waals surface area contributed by atoms with Crippen molar-refractivity contribution < 1.29 is 14.7 Å². The molecule has 0 aromatic carbocycles. The summed E-state index contributed by atoms with van der Waals surface area (Å²) in [7, 11) is 0. The lowest BCUT2D eigenvalue weighted by Gasteiger charge is -2.36. The third-order valence-electron chi connectivity index (χ3n) is 3.83. The molecule has 108 valence electrons. The molecule has 0 spiro atoms. The van der Waals surface area contributed by atoms with E-state index in [4.69, 9.17) is 0 Å². The second-order valence-corrected chi connectivity index (χ2v) is 5.19. The molecule has 1 aliphatic heterocycles. The summed E-state index contributed by atoms with van der Waals surface area (Å²) in [6, 6.07) is -0.760. The topological polar surface area (TPSA) is 83.4 Å². The highest BCUT2D eigenvalue weighted by molar-refractivity contribution is 5.94. The fourth-order valence-corrected chi connectivity index (χ4v) is 2.54. The molecule has 1 N–H and O–H groups in total. The van der Waals surface area contributed by atoms with Crippen molar-refractivity contribution in [1.29, 1.82) is 0 Å². The highest BCUT2D eigenvalue weighted by atomic mass is 16.4. The van der Waals surface area contributed by atoms with E-state index in [-0.39, 0.29) is 11.6 Å². The van der Waals surface area contributed by atoms with Crippen LogP contribution in [0.5, 0.6) is 0 Å². The number of carbonyl (C=O) groups excluding carboxylic acids is 1. The largest absolute Gasteiger partial charge is 0.480 e. The number of aromatic nitrogens is 2. The number of carbonyl (C=O) groups is 2. The zero-order chi connectivity index (χ0) is 14.7. The molecule has 0 bridgehead atoms. The van der Waals surface area contributed by atoms with E-state index in [2.05, 4.69) is 9.97 Å². The molecule has 20 heavy (non-hydrogen) atoms. The van der Waals surface area contributed by atoms with Gasteiger partial charge in [-0.15, -0.1) is 0 Å². The van der Waals surface area contributed by atoms with Crippen molar-refractivity contribution in [3.8, 4) is 0 Å². The van der Waals surface area contributed by atoms with Crippen LogP contribution in [0.15, 0.2) is 12.4 Å². The molecule has 1 aromatic heterocycles.